The van der Waals surface area contributed by atoms with Gasteiger partial charge in [-0.2, -0.15) is 5.10 Å². The van der Waals surface area contributed by atoms with Crippen LogP contribution < -0.4 is 0 Å². The van der Waals surface area contributed by atoms with Gasteiger partial charge < -0.3 is 9.15 Å². The van der Waals surface area contributed by atoms with Gasteiger partial charge in [0, 0.05) is 12.2 Å². The minimum absolute atomic E-state index is 0.0772. The molecule has 1 saturated heterocycles. The lowest BCUT2D eigenvalue weighted by molar-refractivity contribution is -0.0365. The molecule has 7 heteroatoms. The van der Waals surface area contributed by atoms with Crippen LogP contribution >= 0.6 is 11.6 Å². The fourth-order valence-corrected chi connectivity index (χ4v) is 2.77. The molecule has 21 heavy (non-hydrogen) atoms. The summed E-state index contributed by atoms with van der Waals surface area (Å²) in [6, 6.07) is 1.85. The van der Waals surface area contributed by atoms with E-state index in [4.69, 9.17) is 20.8 Å². The van der Waals surface area contributed by atoms with E-state index in [-0.39, 0.29) is 11.5 Å². The molecule has 0 N–H and O–H groups in total. The molecule has 3 aromatic heterocycles. The summed E-state index contributed by atoms with van der Waals surface area (Å²) < 4.78 is 12.8. The van der Waals surface area contributed by atoms with Crippen LogP contribution in [0.5, 0.6) is 0 Å². The van der Waals surface area contributed by atoms with Crippen LogP contribution in [0, 0.1) is 0 Å². The second-order valence-electron chi connectivity index (χ2n) is 5.00. The summed E-state index contributed by atoms with van der Waals surface area (Å²) in [6.45, 7) is 0.751. The van der Waals surface area contributed by atoms with Gasteiger partial charge in [0.1, 0.15) is 16.7 Å². The molecule has 4 heterocycles. The Morgan fingerprint density at radius 2 is 2.29 bits per heavy atom. The summed E-state index contributed by atoms with van der Waals surface area (Å²) in [5.74, 6) is 0. The molecular weight excluding hydrogens is 292 g/mol. The summed E-state index contributed by atoms with van der Waals surface area (Å²) >= 11 is 5.93. The number of halogens is 1. The molecule has 0 amide bonds. The maximum atomic E-state index is 5.93. The molecule has 1 atom stereocenters. The highest BCUT2D eigenvalue weighted by molar-refractivity contribution is 6.28. The second kappa shape index (κ2) is 5.13. The Morgan fingerprint density at radius 1 is 1.33 bits per heavy atom. The van der Waals surface area contributed by atoms with Crippen molar-refractivity contribution in [3.63, 3.8) is 0 Å². The summed E-state index contributed by atoms with van der Waals surface area (Å²) in [4.78, 5) is 8.39. The van der Waals surface area contributed by atoms with Gasteiger partial charge in [0.25, 0.3) is 0 Å². The van der Waals surface area contributed by atoms with E-state index in [0.717, 1.165) is 42.6 Å². The third-order valence-corrected chi connectivity index (χ3v) is 3.82. The first kappa shape index (κ1) is 12.8. The van der Waals surface area contributed by atoms with Crippen LogP contribution in [0.4, 0.5) is 0 Å². The third-order valence-electron chi connectivity index (χ3n) is 3.64. The summed E-state index contributed by atoms with van der Waals surface area (Å²) in [5, 5.41) is 4.87. The molecule has 0 aromatic carbocycles. The maximum absolute atomic E-state index is 5.93. The first-order valence-electron chi connectivity index (χ1n) is 6.88. The van der Waals surface area contributed by atoms with Crippen molar-refractivity contribution in [1.29, 1.82) is 0 Å². The predicted molar refractivity (Wildman–Crippen MR) is 76.9 cm³/mol. The first-order chi connectivity index (χ1) is 10.3. The Labute approximate surface area is 125 Å². The number of ether oxygens (including phenoxy) is 1. The number of furan rings is 1. The highest BCUT2D eigenvalue weighted by atomic mass is 35.5. The van der Waals surface area contributed by atoms with Gasteiger partial charge in [-0.25, -0.2) is 14.6 Å². The largest absolute Gasteiger partial charge is 0.472 e. The Hall–Kier alpha value is -1.92. The number of fused-ring (bicyclic) bond motifs is 1. The molecule has 1 unspecified atom stereocenters. The molecular formula is C14H13ClN4O2. The van der Waals surface area contributed by atoms with Gasteiger partial charge >= 0.3 is 0 Å². The van der Waals surface area contributed by atoms with Crippen LogP contribution in [0.1, 0.15) is 25.5 Å². The van der Waals surface area contributed by atoms with E-state index in [1.54, 1.807) is 18.7 Å². The van der Waals surface area contributed by atoms with Crippen LogP contribution in [0.15, 0.2) is 29.2 Å². The maximum Gasteiger partial charge on any atom is 0.223 e. The SMILES string of the molecule is Clc1ncc2c(n1)c(-c1ccoc1)nn2C1CCCCO1. The highest BCUT2D eigenvalue weighted by Gasteiger charge is 2.23. The van der Waals surface area contributed by atoms with E-state index in [2.05, 4.69) is 15.1 Å². The molecule has 0 aliphatic carbocycles. The highest BCUT2D eigenvalue weighted by Crippen LogP contribution is 2.32. The molecule has 0 bridgehead atoms. The molecule has 0 spiro atoms. The summed E-state index contributed by atoms with van der Waals surface area (Å²) in [7, 11) is 0. The third kappa shape index (κ3) is 2.20. The molecule has 6 nitrogen and oxygen atoms in total. The topological polar surface area (TPSA) is 66.0 Å². The van der Waals surface area contributed by atoms with Crippen molar-refractivity contribution in [3.05, 3.63) is 30.1 Å². The lowest BCUT2D eigenvalue weighted by Gasteiger charge is -2.23. The molecule has 0 saturated carbocycles. The van der Waals surface area contributed by atoms with Crippen molar-refractivity contribution >= 4 is 22.6 Å². The average Bonchev–Trinajstić information content (AvgIpc) is 3.14. The number of rotatable bonds is 2. The zero-order valence-corrected chi connectivity index (χ0v) is 12.0. The van der Waals surface area contributed by atoms with Crippen molar-refractivity contribution in [2.24, 2.45) is 0 Å². The van der Waals surface area contributed by atoms with Crippen LogP contribution in [-0.4, -0.2) is 26.4 Å². The number of hydrogen-bond acceptors (Lipinski definition) is 5. The quantitative estimate of drug-likeness (QED) is 0.678. The van der Waals surface area contributed by atoms with Crippen LogP contribution in [0.25, 0.3) is 22.3 Å². The summed E-state index contributed by atoms with van der Waals surface area (Å²) in [5.41, 5.74) is 3.13. The first-order valence-corrected chi connectivity index (χ1v) is 7.25. The van der Waals surface area contributed by atoms with Crippen LogP contribution in [0.2, 0.25) is 5.28 Å². The average molecular weight is 305 g/mol. The second-order valence-corrected chi connectivity index (χ2v) is 5.34. The van der Waals surface area contributed by atoms with Gasteiger partial charge in [0.15, 0.2) is 6.23 Å². The van der Waals surface area contributed by atoms with Crippen molar-refractivity contribution < 1.29 is 9.15 Å². The molecule has 1 fully saturated rings. The normalized spacial score (nSPS) is 19.2. The number of aromatic nitrogens is 4. The van der Waals surface area contributed by atoms with E-state index in [0.29, 0.717) is 5.52 Å². The van der Waals surface area contributed by atoms with Gasteiger partial charge in [-0.15, -0.1) is 0 Å². The van der Waals surface area contributed by atoms with Gasteiger partial charge in [-0.3, -0.25) is 0 Å². The standard InChI is InChI=1S/C14H13ClN4O2/c15-14-16-7-10-13(17-14)12(9-4-6-20-8-9)18-19(10)11-3-1-2-5-21-11/h4,6-8,11H,1-3,5H2. The predicted octanol–water partition coefficient (Wildman–Crippen LogP) is 3.44. The Bertz CT molecular complexity index is 763. The fraction of sp³-hybridized carbons (Fsp3) is 0.357. The van der Waals surface area contributed by atoms with Crippen molar-refractivity contribution in [2.75, 3.05) is 6.61 Å². The lowest BCUT2D eigenvalue weighted by Crippen LogP contribution is -2.19. The Balaban J connectivity index is 1.91. The van der Waals surface area contributed by atoms with Crippen LogP contribution in [-0.2, 0) is 4.74 Å². The van der Waals surface area contributed by atoms with E-state index < -0.39 is 0 Å². The summed E-state index contributed by atoms with van der Waals surface area (Å²) in [6.07, 6.45) is 8.02. The molecule has 108 valence electrons. The van der Waals surface area contributed by atoms with Crippen LogP contribution in [0.3, 0.4) is 0 Å². The fourth-order valence-electron chi connectivity index (χ4n) is 2.63. The van der Waals surface area contributed by atoms with E-state index in [9.17, 15) is 0 Å². The van der Waals surface area contributed by atoms with Crippen molar-refractivity contribution in [2.45, 2.75) is 25.5 Å². The number of nitrogens with zero attached hydrogens (tertiary/aromatic N) is 4. The zero-order chi connectivity index (χ0) is 14.2. The van der Waals surface area contributed by atoms with Gasteiger partial charge in [0.2, 0.25) is 5.28 Å². The van der Waals surface area contributed by atoms with E-state index >= 15 is 0 Å². The Morgan fingerprint density at radius 3 is 3.05 bits per heavy atom. The molecule has 3 aromatic rings. The lowest BCUT2D eigenvalue weighted by atomic mass is 10.2. The number of hydrogen-bond donors (Lipinski definition) is 0. The zero-order valence-electron chi connectivity index (χ0n) is 11.2. The molecule has 4 rings (SSSR count). The minimum Gasteiger partial charge on any atom is -0.472 e. The Kier molecular flexibility index (Phi) is 3.12. The minimum atomic E-state index is -0.0772. The van der Waals surface area contributed by atoms with E-state index in [1.807, 2.05) is 10.7 Å². The van der Waals surface area contributed by atoms with E-state index in [1.165, 1.54) is 0 Å². The smallest absolute Gasteiger partial charge is 0.223 e. The molecule has 1 aliphatic rings. The molecule has 1 aliphatic heterocycles. The molecule has 0 radical (unpaired) electrons. The monoisotopic (exact) mass is 304 g/mol. The van der Waals surface area contributed by atoms with Gasteiger partial charge in [0.05, 0.1) is 18.7 Å². The van der Waals surface area contributed by atoms with Gasteiger partial charge in [-0.05, 0) is 36.9 Å². The van der Waals surface area contributed by atoms with Gasteiger partial charge in [-0.1, -0.05) is 0 Å². The van der Waals surface area contributed by atoms with Crippen molar-refractivity contribution in [3.8, 4) is 11.3 Å². The van der Waals surface area contributed by atoms with Crippen molar-refractivity contribution in [1.82, 2.24) is 19.7 Å².